The number of nitrogens with two attached hydrogens (primary N) is 1. The van der Waals surface area contributed by atoms with E-state index in [-0.39, 0.29) is 11.8 Å². The molecule has 1 aliphatic heterocycles. The van der Waals surface area contributed by atoms with Crippen molar-refractivity contribution in [1.82, 2.24) is 15.5 Å². The van der Waals surface area contributed by atoms with E-state index in [1.54, 1.807) is 18.4 Å². The summed E-state index contributed by atoms with van der Waals surface area (Å²) >= 11 is 1.73. The monoisotopic (exact) mass is 365 g/mol. The highest BCUT2D eigenvalue weighted by Gasteiger charge is 2.23. The van der Waals surface area contributed by atoms with Crippen LogP contribution < -0.4 is 16.4 Å². The van der Waals surface area contributed by atoms with Crippen LogP contribution in [-0.4, -0.2) is 56.5 Å². The van der Waals surface area contributed by atoms with Gasteiger partial charge in [-0.05, 0) is 60.7 Å². The number of carbonyl (C=O) groups excluding carboxylic acids is 1. The summed E-state index contributed by atoms with van der Waals surface area (Å²) in [4.78, 5) is 18.0. The van der Waals surface area contributed by atoms with Crippen molar-refractivity contribution in [2.45, 2.75) is 32.1 Å². The second-order valence-corrected chi connectivity index (χ2v) is 7.51. The summed E-state index contributed by atoms with van der Waals surface area (Å²) in [6, 6.07) is 2.17. The van der Waals surface area contributed by atoms with Crippen molar-refractivity contribution in [3.8, 4) is 0 Å². The van der Waals surface area contributed by atoms with Crippen molar-refractivity contribution in [2.24, 2.45) is 16.6 Å². The maximum Gasteiger partial charge on any atom is 0.221 e. The van der Waals surface area contributed by atoms with Gasteiger partial charge in [-0.1, -0.05) is 6.92 Å². The Morgan fingerprint density at radius 1 is 1.52 bits per heavy atom. The van der Waals surface area contributed by atoms with Gasteiger partial charge in [0.25, 0.3) is 0 Å². The molecule has 7 heteroatoms. The summed E-state index contributed by atoms with van der Waals surface area (Å²) < 4.78 is 0. The topological polar surface area (TPSA) is 82.8 Å². The highest BCUT2D eigenvalue weighted by Crippen LogP contribution is 2.17. The van der Waals surface area contributed by atoms with Crippen LogP contribution >= 0.6 is 11.3 Å². The molecule has 2 atom stereocenters. The third kappa shape index (κ3) is 6.66. The fourth-order valence-electron chi connectivity index (χ4n) is 3.14. The first kappa shape index (κ1) is 19.7. The molecule has 2 heterocycles. The third-order valence-corrected chi connectivity index (χ3v) is 5.46. The van der Waals surface area contributed by atoms with Crippen molar-refractivity contribution in [2.75, 3.05) is 39.8 Å². The summed E-state index contributed by atoms with van der Waals surface area (Å²) in [5.41, 5.74) is 6.80. The second kappa shape index (κ2) is 10.4. The van der Waals surface area contributed by atoms with Gasteiger partial charge in [-0.3, -0.25) is 9.79 Å². The van der Waals surface area contributed by atoms with E-state index in [0.717, 1.165) is 57.9 Å². The first-order valence-electron chi connectivity index (χ1n) is 9.08. The van der Waals surface area contributed by atoms with E-state index in [1.165, 1.54) is 5.56 Å². The van der Waals surface area contributed by atoms with E-state index in [4.69, 9.17) is 5.73 Å². The number of rotatable bonds is 8. The van der Waals surface area contributed by atoms with Crippen LogP contribution in [0.4, 0.5) is 0 Å². The number of nitrogens with zero attached hydrogens (tertiary/aromatic N) is 2. The van der Waals surface area contributed by atoms with Crippen LogP contribution in [0.2, 0.25) is 0 Å². The van der Waals surface area contributed by atoms with Gasteiger partial charge in [-0.15, -0.1) is 0 Å². The summed E-state index contributed by atoms with van der Waals surface area (Å²) in [5.74, 6) is 1.17. The molecule has 1 amide bonds. The average molecular weight is 366 g/mol. The third-order valence-electron chi connectivity index (χ3n) is 4.76. The number of hydrogen-bond donors (Lipinski definition) is 3. The van der Waals surface area contributed by atoms with E-state index in [0.29, 0.717) is 5.92 Å². The molecule has 1 aromatic heterocycles. The molecule has 140 valence electrons. The lowest BCUT2D eigenvalue weighted by molar-refractivity contribution is -0.123. The Hall–Kier alpha value is -1.60. The lowest BCUT2D eigenvalue weighted by Crippen LogP contribution is -2.43. The molecule has 1 saturated heterocycles. The van der Waals surface area contributed by atoms with Gasteiger partial charge in [0.2, 0.25) is 5.91 Å². The van der Waals surface area contributed by atoms with Crippen LogP contribution in [0.1, 0.15) is 37.7 Å². The zero-order valence-corrected chi connectivity index (χ0v) is 16.1. The Balaban J connectivity index is 1.62. The van der Waals surface area contributed by atoms with E-state index in [2.05, 4.69) is 44.3 Å². The molecule has 1 aromatic rings. The molecule has 1 fully saturated rings. The molecule has 0 spiro atoms. The van der Waals surface area contributed by atoms with Crippen LogP contribution in [0.3, 0.4) is 0 Å². The summed E-state index contributed by atoms with van der Waals surface area (Å²) in [6.07, 6.45) is 3.01. The average Bonchev–Trinajstić information content (AvgIpc) is 3.16. The quantitative estimate of drug-likeness (QED) is 0.371. The SMILES string of the molecule is CN=C(NCCCN1CCCC(C(N)=O)C1)NCC(C)c1ccsc1. The number of amides is 1. The maximum absolute atomic E-state index is 11.3. The molecule has 0 bridgehead atoms. The van der Waals surface area contributed by atoms with Gasteiger partial charge in [-0.25, -0.2) is 0 Å². The summed E-state index contributed by atoms with van der Waals surface area (Å²) in [5, 5.41) is 11.1. The molecule has 2 unspecified atom stereocenters. The molecule has 0 radical (unpaired) electrons. The molecule has 25 heavy (non-hydrogen) atoms. The summed E-state index contributed by atoms with van der Waals surface area (Å²) in [7, 11) is 1.80. The van der Waals surface area contributed by atoms with Gasteiger partial charge < -0.3 is 21.3 Å². The fourth-order valence-corrected chi connectivity index (χ4v) is 3.93. The van der Waals surface area contributed by atoms with Crippen molar-refractivity contribution in [3.63, 3.8) is 0 Å². The number of nitrogens with one attached hydrogen (secondary N) is 2. The Morgan fingerprint density at radius 3 is 3.04 bits per heavy atom. The van der Waals surface area contributed by atoms with E-state index >= 15 is 0 Å². The minimum Gasteiger partial charge on any atom is -0.369 e. The van der Waals surface area contributed by atoms with Crippen molar-refractivity contribution < 1.29 is 4.79 Å². The Morgan fingerprint density at radius 2 is 2.36 bits per heavy atom. The molecular formula is C18H31N5OS. The number of piperidine rings is 1. The summed E-state index contributed by atoms with van der Waals surface area (Å²) in [6.45, 7) is 6.80. The zero-order valence-electron chi connectivity index (χ0n) is 15.3. The normalized spacial score (nSPS) is 20.2. The maximum atomic E-state index is 11.3. The Labute approximate surface area is 154 Å². The minimum atomic E-state index is -0.160. The number of likely N-dealkylation sites (tertiary alicyclic amines) is 1. The van der Waals surface area contributed by atoms with Crippen molar-refractivity contribution >= 4 is 23.2 Å². The van der Waals surface area contributed by atoms with E-state index in [9.17, 15) is 4.79 Å². The van der Waals surface area contributed by atoms with Crippen molar-refractivity contribution in [3.05, 3.63) is 22.4 Å². The Kier molecular flexibility index (Phi) is 8.21. The number of guanidine groups is 1. The van der Waals surface area contributed by atoms with Crippen LogP contribution in [0.25, 0.3) is 0 Å². The molecule has 0 saturated carbocycles. The van der Waals surface area contributed by atoms with Crippen molar-refractivity contribution in [1.29, 1.82) is 0 Å². The van der Waals surface area contributed by atoms with Gasteiger partial charge in [0.1, 0.15) is 0 Å². The molecule has 0 aromatic carbocycles. The lowest BCUT2D eigenvalue weighted by atomic mass is 9.97. The highest BCUT2D eigenvalue weighted by molar-refractivity contribution is 7.07. The second-order valence-electron chi connectivity index (χ2n) is 6.73. The smallest absolute Gasteiger partial charge is 0.221 e. The van der Waals surface area contributed by atoms with Gasteiger partial charge in [-0.2, -0.15) is 11.3 Å². The van der Waals surface area contributed by atoms with Gasteiger partial charge in [0, 0.05) is 26.7 Å². The number of aliphatic imine (C=N–C) groups is 1. The number of hydrogen-bond acceptors (Lipinski definition) is 4. The molecule has 1 aliphatic rings. The molecular weight excluding hydrogens is 334 g/mol. The van der Waals surface area contributed by atoms with Gasteiger partial charge in [0.15, 0.2) is 5.96 Å². The molecule has 0 aliphatic carbocycles. The first-order chi connectivity index (χ1) is 12.1. The highest BCUT2D eigenvalue weighted by atomic mass is 32.1. The predicted molar refractivity (Wildman–Crippen MR) is 105 cm³/mol. The minimum absolute atomic E-state index is 0.0229. The number of thiophene rings is 1. The Bertz CT molecular complexity index is 546. The van der Waals surface area contributed by atoms with Crippen LogP contribution in [-0.2, 0) is 4.79 Å². The van der Waals surface area contributed by atoms with E-state index < -0.39 is 0 Å². The van der Waals surface area contributed by atoms with Crippen LogP contribution in [0.5, 0.6) is 0 Å². The lowest BCUT2D eigenvalue weighted by Gasteiger charge is -2.31. The molecule has 4 N–H and O–H groups in total. The van der Waals surface area contributed by atoms with Gasteiger partial charge in [0.05, 0.1) is 5.92 Å². The van der Waals surface area contributed by atoms with Crippen LogP contribution in [0, 0.1) is 5.92 Å². The van der Waals surface area contributed by atoms with E-state index in [1.807, 2.05) is 0 Å². The van der Waals surface area contributed by atoms with Gasteiger partial charge >= 0.3 is 0 Å². The molecule has 2 rings (SSSR count). The number of carbonyl (C=O) groups is 1. The zero-order chi connectivity index (χ0) is 18.1. The standard InChI is InChI=1S/C18H31N5OS/c1-14(16-6-10-25-13-16)11-22-18(20-2)21-7-4-9-23-8-3-5-15(12-23)17(19)24/h6,10,13-15H,3-5,7-9,11-12H2,1-2H3,(H2,19,24)(H2,20,21,22). The first-order valence-corrected chi connectivity index (χ1v) is 10.0. The van der Waals surface area contributed by atoms with Crippen LogP contribution in [0.15, 0.2) is 21.8 Å². The largest absolute Gasteiger partial charge is 0.369 e. The predicted octanol–water partition coefficient (Wildman–Crippen LogP) is 1.60. The molecule has 6 nitrogen and oxygen atoms in total. The fraction of sp³-hybridized carbons (Fsp3) is 0.667. The number of primary amides is 1.